The highest BCUT2D eigenvalue weighted by molar-refractivity contribution is 9.09. The molecule has 3 nitrogen and oxygen atoms in total. The topological polar surface area (TPSA) is 43.1 Å². The van der Waals surface area contributed by atoms with Crippen molar-refractivity contribution < 1.29 is 18.1 Å². The van der Waals surface area contributed by atoms with Crippen molar-refractivity contribution in [2.45, 2.75) is 17.9 Å². The van der Waals surface area contributed by atoms with Crippen LogP contribution in [0, 0.1) is 16.0 Å². The Morgan fingerprint density at radius 3 is 2.47 bits per heavy atom. The van der Waals surface area contributed by atoms with Crippen LogP contribution >= 0.6 is 15.9 Å². The largest absolute Gasteiger partial charge is 0.413 e. The second kappa shape index (κ2) is 3.96. The van der Waals surface area contributed by atoms with Crippen molar-refractivity contribution in [2.24, 2.45) is 5.92 Å². The van der Waals surface area contributed by atoms with Gasteiger partial charge in [0.25, 0.3) is 5.70 Å². The normalized spacial score (nSPS) is 27.0. The van der Waals surface area contributed by atoms with Gasteiger partial charge in [0.1, 0.15) is 0 Å². The smallest absolute Gasteiger partial charge is 0.258 e. The van der Waals surface area contributed by atoms with Crippen molar-refractivity contribution in [1.82, 2.24) is 0 Å². The summed E-state index contributed by atoms with van der Waals surface area (Å²) < 4.78 is 37.4. The molecule has 15 heavy (non-hydrogen) atoms. The first-order valence-electron chi connectivity index (χ1n) is 4.02. The van der Waals surface area contributed by atoms with Gasteiger partial charge in [-0.1, -0.05) is 22.9 Å². The predicted octanol–water partition coefficient (Wildman–Crippen LogP) is 3.05. The molecule has 0 heterocycles. The first kappa shape index (κ1) is 12.2. The molecule has 0 spiro atoms. The number of halogens is 4. The second-order valence-corrected chi connectivity index (χ2v) is 4.24. The Hall–Kier alpha value is -0.850. The molecule has 1 aliphatic carbocycles. The molecular weight excluding hydrogens is 279 g/mol. The molecule has 0 aliphatic heterocycles. The summed E-state index contributed by atoms with van der Waals surface area (Å²) in [6.07, 6.45) is -2.77. The van der Waals surface area contributed by atoms with Crippen molar-refractivity contribution in [3.8, 4) is 0 Å². The standard InChI is InChI=1S/C8H7BrF3NO2/c1-4-6(8(10,11)12)2-5(13(14)15)3-7(4)9/h2-4,7H,1H3. The van der Waals surface area contributed by atoms with Gasteiger partial charge >= 0.3 is 6.18 Å². The van der Waals surface area contributed by atoms with Crippen molar-refractivity contribution in [3.05, 3.63) is 33.5 Å². The van der Waals surface area contributed by atoms with E-state index in [9.17, 15) is 23.3 Å². The lowest BCUT2D eigenvalue weighted by Crippen LogP contribution is -2.27. The maximum absolute atomic E-state index is 12.5. The monoisotopic (exact) mass is 285 g/mol. The maximum Gasteiger partial charge on any atom is 0.413 e. The molecule has 0 aromatic heterocycles. The number of allylic oxidation sites excluding steroid dienone is 3. The molecule has 1 aliphatic rings. The Balaban J connectivity index is 3.14. The van der Waals surface area contributed by atoms with Gasteiger partial charge in [-0.2, -0.15) is 13.2 Å². The van der Waals surface area contributed by atoms with Crippen LogP contribution in [0.2, 0.25) is 0 Å². The van der Waals surface area contributed by atoms with Gasteiger partial charge in [-0.15, -0.1) is 0 Å². The van der Waals surface area contributed by atoms with E-state index in [0.29, 0.717) is 6.08 Å². The fourth-order valence-corrected chi connectivity index (χ4v) is 1.83. The molecular formula is C8H7BrF3NO2. The van der Waals surface area contributed by atoms with E-state index in [-0.39, 0.29) is 0 Å². The van der Waals surface area contributed by atoms with E-state index in [1.165, 1.54) is 13.0 Å². The maximum atomic E-state index is 12.5. The summed E-state index contributed by atoms with van der Waals surface area (Å²) in [7, 11) is 0. The van der Waals surface area contributed by atoms with Crippen molar-refractivity contribution in [2.75, 3.05) is 0 Å². The van der Waals surface area contributed by atoms with Crippen LogP contribution in [0.25, 0.3) is 0 Å². The molecule has 2 unspecified atom stereocenters. The molecule has 7 heteroatoms. The van der Waals surface area contributed by atoms with E-state index in [4.69, 9.17) is 0 Å². The number of rotatable bonds is 1. The highest BCUT2D eigenvalue weighted by Gasteiger charge is 2.42. The Kier molecular flexibility index (Phi) is 3.22. The summed E-state index contributed by atoms with van der Waals surface area (Å²) in [5.74, 6) is -0.825. The average molecular weight is 286 g/mol. The van der Waals surface area contributed by atoms with Gasteiger partial charge in [0.15, 0.2) is 0 Å². The predicted molar refractivity (Wildman–Crippen MR) is 51.1 cm³/mol. The lowest BCUT2D eigenvalue weighted by molar-refractivity contribution is -0.419. The third kappa shape index (κ3) is 2.58. The molecule has 0 aromatic carbocycles. The van der Waals surface area contributed by atoms with Crippen LogP contribution in [-0.4, -0.2) is 15.9 Å². The molecule has 0 aromatic rings. The summed E-state index contributed by atoms with van der Waals surface area (Å²) >= 11 is 2.97. The van der Waals surface area contributed by atoms with Crippen LogP contribution in [0.3, 0.4) is 0 Å². The van der Waals surface area contributed by atoms with Crippen molar-refractivity contribution in [1.29, 1.82) is 0 Å². The Morgan fingerprint density at radius 2 is 2.07 bits per heavy atom. The Labute approximate surface area is 91.9 Å². The van der Waals surface area contributed by atoms with E-state index in [2.05, 4.69) is 15.9 Å². The zero-order chi connectivity index (χ0) is 11.8. The molecule has 2 atom stereocenters. The highest BCUT2D eigenvalue weighted by atomic mass is 79.9. The molecule has 84 valence electrons. The van der Waals surface area contributed by atoms with Gasteiger partial charge in [0.05, 0.1) is 4.92 Å². The Bertz CT molecular complexity index is 348. The molecule has 0 saturated heterocycles. The number of nitro groups is 1. The van der Waals surface area contributed by atoms with E-state index < -0.39 is 33.1 Å². The first-order chi connectivity index (χ1) is 6.73. The summed E-state index contributed by atoms with van der Waals surface area (Å²) in [5.41, 5.74) is -1.40. The van der Waals surface area contributed by atoms with Crippen LogP contribution in [0.15, 0.2) is 23.4 Å². The molecule has 0 bridgehead atoms. The Morgan fingerprint density at radius 1 is 1.53 bits per heavy atom. The van der Waals surface area contributed by atoms with Gasteiger partial charge in [-0.05, 0) is 0 Å². The molecule has 1 rings (SSSR count). The number of alkyl halides is 4. The SMILES string of the molecule is CC1C(C(F)(F)F)=CC([N+](=O)[O-])=CC1Br. The molecule has 0 radical (unpaired) electrons. The minimum atomic E-state index is -4.53. The van der Waals surface area contributed by atoms with Gasteiger partial charge in [0, 0.05) is 28.5 Å². The van der Waals surface area contributed by atoms with Crippen LogP contribution < -0.4 is 0 Å². The van der Waals surface area contributed by atoms with Gasteiger partial charge in [0.2, 0.25) is 0 Å². The molecule has 0 fully saturated rings. The number of hydrogen-bond acceptors (Lipinski definition) is 2. The third-order valence-electron chi connectivity index (χ3n) is 2.14. The summed E-state index contributed by atoms with van der Waals surface area (Å²) in [5, 5.41) is 10.4. The second-order valence-electron chi connectivity index (χ2n) is 3.18. The van der Waals surface area contributed by atoms with Crippen LogP contribution in [-0.2, 0) is 0 Å². The lowest BCUT2D eigenvalue weighted by atomic mass is 9.91. The van der Waals surface area contributed by atoms with Crippen LogP contribution in [0.4, 0.5) is 13.2 Å². The van der Waals surface area contributed by atoms with Gasteiger partial charge in [-0.25, -0.2) is 0 Å². The number of hydrogen-bond donors (Lipinski definition) is 0. The minimum Gasteiger partial charge on any atom is -0.258 e. The average Bonchev–Trinajstić information content (AvgIpc) is 2.06. The summed E-state index contributed by atoms with van der Waals surface area (Å²) in [4.78, 5) is 8.89. The first-order valence-corrected chi connectivity index (χ1v) is 4.94. The highest BCUT2D eigenvalue weighted by Crippen LogP contribution is 2.39. The fraction of sp³-hybridized carbons (Fsp3) is 0.500. The molecule has 0 N–H and O–H groups in total. The van der Waals surface area contributed by atoms with E-state index in [1.54, 1.807) is 0 Å². The summed E-state index contributed by atoms with van der Waals surface area (Å²) in [6, 6.07) is 0. The van der Waals surface area contributed by atoms with Crippen molar-refractivity contribution >= 4 is 15.9 Å². The van der Waals surface area contributed by atoms with Crippen LogP contribution in [0.1, 0.15) is 6.92 Å². The van der Waals surface area contributed by atoms with Gasteiger partial charge < -0.3 is 0 Å². The zero-order valence-electron chi connectivity index (χ0n) is 7.58. The van der Waals surface area contributed by atoms with Crippen LogP contribution in [0.5, 0.6) is 0 Å². The number of nitrogens with zero attached hydrogens (tertiary/aromatic N) is 1. The van der Waals surface area contributed by atoms with E-state index in [1.807, 2.05) is 0 Å². The van der Waals surface area contributed by atoms with E-state index >= 15 is 0 Å². The van der Waals surface area contributed by atoms with E-state index in [0.717, 1.165) is 0 Å². The lowest BCUT2D eigenvalue weighted by Gasteiger charge is -2.23. The zero-order valence-corrected chi connectivity index (χ0v) is 9.17. The minimum absolute atomic E-state index is 0.526. The van der Waals surface area contributed by atoms with Gasteiger partial charge in [-0.3, -0.25) is 10.1 Å². The quantitative estimate of drug-likeness (QED) is 0.422. The summed E-state index contributed by atoms with van der Waals surface area (Å²) in [6.45, 7) is 1.37. The third-order valence-corrected chi connectivity index (χ3v) is 3.20. The fourth-order valence-electron chi connectivity index (χ4n) is 1.27. The molecule has 0 amide bonds. The molecule has 0 saturated carbocycles. The van der Waals surface area contributed by atoms with Crippen molar-refractivity contribution in [3.63, 3.8) is 0 Å².